The second-order valence-electron chi connectivity index (χ2n) is 5.12. The summed E-state index contributed by atoms with van der Waals surface area (Å²) in [6.45, 7) is 9.67. The summed E-state index contributed by atoms with van der Waals surface area (Å²) in [5.74, 6) is 0. The number of nitrogens with one attached hydrogen (secondary N) is 1. The van der Waals surface area contributed by atoms with Crippen molar-refractivity contribution in [2.45, 2.75) is 32.7 Å². The third-order valence-electron chi connectivity index (χ3n) is 3.49. The Kier molecular flexibility index (Phi) is 6.92. The number of allylic oxidation sites excluding steroid dienone is 1. The molecule has 2 heteroatoms. The molecule has 0 fully saturated rings. The highest BCUT2D eigenvalue weighted by molar-refractivity contribution is 5.39. The van der Waals surface area contributed by atoms with Crippen LogP contribution in [0.25, 0.3) is 0 Å². The first-order valence-electron chi connectivity index (χ1n) is 7.46. The third kappa shape index (κ3) is 4.23. The minimum Gasteiger partial charge on any atom is -0.376 e. The molecule has 114 valence electrons. The Bertz CT molecular complexity index is 570. The van der Waals surface area contributed by atoms with Crippen LogP contribution in [0.3, 0.4) is 0 Å². The van der Waals surface area contributed by atoms with Crippen molar-refractivity contribution >= 4 is 0 Å². The third-order valence-corrected chi connectivity index (χ3v) is 3.49. The van der Waals surface area contributed by atoms with Crippen molar-refractivity contribution in [3.63, 3.8) is 0 Å². The van der Waals surface area contributed by atoms with E-state index in [0.717, 1.165) is 12.1 Å². The molecule has 0 unspecified atom stereocenters. The summed E-state index contributed by atoms with van der Waals surface area (Å²) in [5.41, 5.74) is 3.32. The second kappa shape index (κ2) is 8.69. The van der Waals surface area contributed by atoms with Crippen molar-refractivity contribution in [3.8, 4) is 6.07 Å². The highest BCUT2D eigenvalue weighted by atomic mass is 15.0. The van der Waals surface area contributed by atoms with Gasteiger partial charge in [-0.1, -0.05) is 74.2 Å². The zero-order valence-corrected chi connectivity index (χ0v) is 13.6. The number of hydrogen-bond donors (Lipinski definition) is 1. The van der Waals surface area contributed by atoms with Crippen LogP contribution in [0.15, 0.2) is 72.9 Å². The highest BCUT2D eigenvalue weighted by Gasteiger charge is 2.31. The van der Waals surface area contributed by atoms with E-state index in [2.05, 4.69) is 79.5 Å². The van der Waals surface area contributed by atoms with Crippen LogP contribution in [0.2, 0.25) is 0 Å². The Balaban J connectivity index is 0.000000745. The van der Waals surface area contributed by atoms with Crippen molar-refractivity contribution in [2.75, 3.05) is 0 Å². The molecule has 22 heavy (non-hydrogen) atoms. The number of benzene rings is 2. The van der Waals surface area contributed by atoms with Crippen LogP contribution >= 0.6 is 0 Å². The smallest absolute Gasteiger partial charge is 0.0873 e. The highest BCUT2D eigenvalue weighted by Crippen LogP contribution is 2.33. The fraction of sp³-hybridized carbons (Fsp3) is 0.250. The van der Waals surface area contributed by atoms with Gasteiger partial charge in [0.25, 0.3) is 0 Å². The normalized spacial score (nSPS) is 9.91. The monoisotopic (exact) mass is 292 g/mol. The number of nitriles is 1. The van der Waals surface area contributed by atoms with Gasteiger partial charge < -0.3 is 5.32 Å². The molecule has 0 bridgehead atoms. The van der Waals surface area contributed by atoms with E-state index in [-0.39, 0.29) is 5.54 Å². The van der Waals surface area contributed by atoms with E-state index in [1.807, 2.05) is 6.92 Å². The van der Waals surface area contributed by atoms with Crippen LogP contribution < -0.4 is 5.32 Å². The predicted molar refractivity (Wildman–Crippen MR) is 93.2 cm³/mol. The largest absolute Gasteiger partial charge is 0.376 e. The summed E-state index contributed by atoms with van der Waals surface area (Å²) < 4.78 is 0. The quantitative estimate of drug-likeness (QED) is 0.842. The molecule has 0 atom stereocenters. The van der Waals surface area contributed by atoms with Gasteiger partial charge >= 0.3 is 0 Å². The van der Waals surface area contributed by atoms with Gasteiger partial charge in [-0.05, 0) is 24.5 Å². The van der Waals surface area contributed by atoms with E-state index >= 15 is 0 Å². The molecule has 0 radical (unpaired) electrons. The van der Waals surface area contributed by atoms with Crippen molar-refractivity contribution in [1.82, 2.24) is 5.32 Å². The molecule has 0 aliphatic rings. The Hall–Kier alpha value is -2.53. The maximum atomic E-state index is 7.32. The number of hydrogen-bond acceptors (Lipinski definition) is 2. The first-order chi connectivity index (χ1) is 10.6. The zero-order chi connectivity index (χ0) is 16.4. The van der Waals surface area contributed by atoms with Gasteiger partial charge in [-0.2, -0.15) is 5.26 Å². The average Bonchev–Trinajstić information content (AvgIpc) is 2.55. The molecule has 2 aromatic rings. The Labute approximate surface area is 134 Å². The van der Waals surface area contributed by atoms with Gasteiger partial charge in [0.15, 0.2) is 0 Å². The molecule has 0 saturated carbocycles. The van der Waals surface area contributed by atoms with Gasteiger partial charge in [-0.15, -0.1) is 0 Å². The molecule has 0 amide bonds. The molecule has 2 nitrogen and oxygen atoms in total. The van der Waals surface area contributed by atoms with Crippen LogP contribution in [-0.2, 0) is 5.54 Å². The van der Waals surface area contributed by atoms with Crippen molar-refractivity contribution in [2.24, 2.45) is 0 Å². The van der Waals surface area contributed by atoms with Crippen LogP contribution in [0.1, 0.15) is 38.3 Å². The summed E-state index contributed by atoms with van der Waals surface area (Å²) in [6, 6.07) is 22.9. The lowest BCUT2D eigenvalue weighted by Crippen LogP contribution is -2.41. The maximum absolute atomic E-state index is 7.32. The minimum atomic E-state index is -0.200. The van der Waals surface area contributed by atoms with Gasteiger partial charge in [-0.25, -0.2) is 0 Å². The van der Waals surface area contributed by atoms with E-state index in [4.69, 9.17) is 5.26 Å². The first kappa shape index (κ1) is 17.5. The van der Waals surface area contributed by atoms with Crippen LogP contribution in [0, 0.1) is 11.3 Å². The van der Waals surface area contributed by atoms with Crippen molar-refractivity contribution in [1.29, 1.82) is 5.26 Å². The predicted octanol–water partition coefficient (Wildman–Crippen LogP) is 4.99. The SMILES string of the molecule is C=C(C)NC(CC)(c1ccccc1)c1ccccc1.CC#N. The average molecular weight is 292 g/mol. The second-order valence-corrected chi connectivity index (χ2v) is 5.12. The van der Waals surface area contributed by atoms with E-state index in [9.17, 15) is 0 Å². The Morgan fingerprint density at radius 1 is 1.05 bits per heavy atom. The van der Waals surface area contributed by atoms with Crippen molar-refractivity contribution < 1.29 is 0 Å². The van der Waals surface area contributed by atoms with Gasteiger partial charge in [0, 0.05) is 12.6 Å². The standard InChI is InChI=1S/C18H21N.C2H3N/c1-4-18(19-15(2)3,16-11-7-5-8-12-16)17-13-9-6-10-14-17;1-2-3/h5-14,19H,2,4H2,1,3H3;1H3. The van der Waals surface area contributed by atoms with E-state index < -0.39 is 0 Å². The summed E-state index contributed by atoms with van der Waals surface area (Å²) >= 11 is 0. The Morgan fingerprint density at radius 2 is 1.41 bits per heavy atom. The van der Waals surface area contributed by atoms with Gasteiger partial charge in [-0.3, -0.25) is 0 Å². The van der Waals surface area contributed by atoms with E-state index in [0.29, 0.717) is 0 Å². The summed E-state index contributed by atoms with van der Waals surface area (Å²) in [5, 5.41) is 10.9. The summed E-state index contributed by atoms with van der Waals surface area (Å²) in [4.78, 5) is 0. The lowest BCUT2D eigenvalue weighted by molar-refractivity contribution is 0.428. The van der Waals surface area contributed by atoms with Crippen molar-refractivity contribution in [3.05, 3.63) is 84.1 Å². The lowest BCUT2D eigenvalue weighted by Gasteiger charge is -2.36. The summed E-state index contributed by atoms with van der Waals surface area (Å²) in [6.07, 6.45) is 0.966. The molecule has 0 spiro atoms. The Morgan fingerprint density at radius 3 is 1.68 bits per heavy atom. The number of nitrogens with zero attached hydrogens (tertiary/aromatic N) is 1. The molecule has 1 N–H and O–H groups in total. The molecule has 0 aromatic heterocycles. The molecule has 0 heterocycles. The molecule has 2 aromatic carbocycles. The molecular formula is C20H24N2. The number of rotatable bonds is 5. The molecule has 0 saturated heterocycles. The van der Waals surface area contributed by atoms with Crippen LogP contribution in [0.5, 0.6) is 0 Å². The van der Waals surface area contributed by atoms with E-state index in [1.54, 1.807) is 6.07 Å². The topological polar surface area (TPSA) is 35.8 Å². The van der Waals surface area contributed by atoms with Gasteiger partial charge in [0.1, 0.15) is 0 Å². The first-order valence-corrected chi connectivity index (χ1v) is 7.46. The molecular weight excluding hydrogens is 268 g/mol. The van der Waals surface area contributed by atoms with Gasteiger partial charge in [0.2, 0.25) is 0 Å². The maximum Gasteiger partial charge on any atom is 0.0873 e. The lowest BCUT2D eigenvalue weighted by atomic mass is 9.80. The van der Waals surface area contributed by atoms with Gasteiger partial charge in [0.05, 0.1) is 11.6 Å². The molecule has 0 aliphatic heterocycles. The molecule has 2 rings (SSSR count). The minimum absolute atomic E-state index is 0.200. The van der Waals surface area contributed by atoms with E-state index in [1.165, 1.54) is 18.1 Å². The van der Waals surface area contributed by atoms with Crippen LogP contribution in [0.4, 0.5) is 0 Å². The zero-order valence-electron chi connectivity index (χ0n) is 13.6. The molecule has 0 aliphatic carbocycles. The summed E-state index contributed by atoms with van der Waals surface area (Å²) in [7, 11) is 0. The fourth-order valence-corrected chi connectivity index (χ4v) is 2.62. The fourth-order valence-electron chi connectivity index (χ4n) is 2.62. The van der Waals surface area contributed by atoms with Crippen LogP contribution in [-0.4, -0.2) is 0 Å².